The first kappa shape index (κ1) is 13.8. The lowest BCUT2D eigenvalue weighted by Crippen LogP contribution is -2.04. The Morgan fingerprint density at radius 2 is 2.24 bits per heavy atom. The van der Waals surface area contributed by atoms with Crippen LogP contribution in [0.4, 0.5) is 0 Å². The van der Waals surface area contributed by atoms with Crippen molar-refractivity contribution in [3.8, 4) is 0 Å². The predicted molar refractivity (Wildman–Crippen MR) is 84.1 cm³/mol. The molecule has 108 valence electrons. The molecule has 3 rings (SSSR count). The molecule has 0 fully saturated rings. The largest absolute Gasteiger partial charge is 0.478 e. The number of aryl methyl sites for hydroxylation is 1. The molecule has 0 atom stereocenters. The molecule has 2 aromatic heterocycles. The molecule has 21 heavy (non-hydrogen) atoms. The van der Waals surface area contributed by atoms with Gasteiger partial charge in [-0.3, -0.25) is 0 Å². The monoisotopic (exact) mass is 300 g/mol. The Labute approximate surface area is 126 Å². The molecule has 0 spiro atoms. The Morgan fingerprint density at radius 3 is 3.00 bits per heavy atom. The molecule has 5 heteroatoms. The summed E-state index contributed by atoms with van der Waals surface area (Å²) in [5.74, 6) is -0.898. The highest BCUT2D eigenvalue weighted by Gasteiger charge is 2.13. The predicted octanol–water partition coefficient (Wildman–Crippen LogP) is 3.80. The fourth-order valence-electron chi connectivity index (χ4n) is 2.49. The van der Waals surface area contributed by atoms with Crippen LogP contribution in [-0.4, -0.2) is 20.6 Å². The Morgan fingerprint density at radius 1 is 1.38 bits per heavy atom. The highest BCUT2D eigenvalue weighted by Crippen LogP contribution is 2.22. The molecule has 0 unspecified atom stereocenters. The van der Waals surface area contributed by atoms with Crippen molar-refractivity contribution in [2.75, 3.05) is 0 Å². The summed E-state index contributed by atoms with van der Waals surface area (Å²) in [5.41, 5.74) is 2.08. The van der Waals surface area contributed by atoms with Gasteiger partial charge < -0.3 is 9.67 Å². The van der Waals surface area contributed by atoms with E-state index in [2.05, 4.69) is 17.3 Å². The molecule has 2 heterocycles. The van der Waals surface area contributed by atoms with E-state index in [4.69, 9.17) is 0 Å². The van der Waals surface area contributed by atoms with Crippen molar-refractivity contribution in [2.24, 2.45) is 0 Å². The van der Waals surface area contributed by atoms with Crippen LogP contribution in [0.3, 0.4) is 0 Å². The minimum absolute atomic E-state index is 0.335. The molecule has 1 aromatic carbocycles. The van der Waals surface area contributed by atoms with E-state index < -0.39 is 5.97 Å². The topological polar surface area (TPSA) is 55.1 Å². The van der Waals surface area contributed by atoms with Gasteiger partial charge >= 0.3 is 5.97 Å². The zero-order valence-corrected chi connectivity index (χ0v) is 12.6. The van der Waals surface area contributed by atoms with Crippen molar-refractivity contribution in [3.05, 3.63) is 52.1 Å². The maximum atomic E-state index is 11.4. The van der Waals surface area contributed by atoms with Crippen molar-refractivity contribution in [1.29, 1.82) is 0 Å². The maximum Gasteiger partial charge on any atom is 0.337 e. The number of aromatic carboxylic acids is 1. The van der Waals surface area contributed by atoms with Gasteiger partial charge in [0.1, 0.15) is 0 Å². The number of aromatic nitrogens is 2. The first-order valence-corrected chi connectivity index (χ1v) is 7.81. The lowest BCUT2D eigenvalue weighted by Gasteiger charge is -2.06. The normalized spacial score (nSPS) is 11.1. The van der Waals surface area contributed by atoms with Crippen molar-refractivity contribution >= 4 is 28.2 Å². The van der Waals surface area contributed by atoms with E-state index in [1.165, 1.54) is 0 Å². The zero-order chi connectivity index (χ0) is 14.8. The molecule has 0 aliphatic carbocycles. The van der Waals surface area contributed by atoms with Crippen LogP contribution in [0.15, 0.2) is 35.8 Å². The molecule has 1 N–H and O–H groups in total. The number of hydrogen-bond acceptors (Lipinski definition) is 3. The second kappa shape index (κ2) is 5.69. The summed E-state index contributed by atoms with van der Waals surface area (Å²) in [5, 5.41) is 13.5. The third kappa shape index (κ3) is 2.69. The van der Waals surface area contributed by atoms with E-state index in [-0.39, 0.29) is 0 Å². The molecule has 0 aliphatic heterocycles. The Bertz CT molecular complexity index is 789. The Hall–Kier alpha value is -2.14. The van der Waals surface area contributed by atoms with Crippen molar-refractivity contribution in [2.45, 2.75) is 26.3 Å². The van der Waals surface area contributed by atoms with Gasteiger partial charge in [0.05, 0.1) is 28.3 Å². The van der Waals surface area contributed by atoms with Crippen molar-refractivity contribution in [3.63, 3.8) is 0 Å². The van der Waals surface area contributed by atoms with Gasteiger partial charge in [0, 0.05) is 17.0 Å². The highest BCUT2D eigenvalue weighted by molar-refractivity contribution is 7.09. The lowest BCUT2D eigenvalue weighted by molar-refractivity contribution is 0.0698. The molecule has 4 nitrogen and oxygen atoms in total. The summed E-state index contributed by atoms with van der Waals surface area (Å²) in [6.07, 6.45) is 4.01. The summed E-state index contributed by atoms with van der Waals surface area (Å²) in [6, 6.07) is 7.30. The quantitative estimate of drug-likeness (QED) is 0.780. The number of rotatable bonds is 5. The van der Waals surface area contributed by atoms with E-state index >= 15 is 0 Å². The zero-order valence-electron chi connectivity index (χ0n) is 11.7. The number of carboxylic acids is 1. The average molecular weight is 300 g/mol. The van der Waals surface area contributed by atoms with Gasteiger partial charge in [0.2, 0.25) is 0 Å². The number of hydrogen-bond donors (Lipinski definition) is 1. The summed E-state index contributed by atoms with van der Waals surface area (Å²) >= 11 is 1.67. The number of nitrogens with zero attached hydrogens (tertiary/aromatic N) is 2. The number of benzene rings is 1. The van der Waals surface area contributed by atoms with Crippen molar-refractivity contribution < 1.29 is 9.90 Å². The van der Waals surface area contributed by atoms with Crippen molar-refractivity contribution in [1.82, 2.24) is 9.55 Å². The second-order valence-electron chi connectivity index (χ2n) is 4.97. The van der Waals surface area contributed by atoms with Crippen LogP contribution in [-0.2, 0) is 13.0 Å². The van der Waals surface area contributed by atoms with Crippen LogP contribution in [0.1, 0.15) is 34.4 Å². The number of carboxylic acid groups (broad SMARTS) is 1. The molecule has 0 aliphatic rings. The van der Waals surface area contributed by atoms with Crippen LogP contribution in [0, 0.1) is 0 Å². The summed E-state index contributed by atoms with van der Waals surface area (Å²) in [4.78, 5) is 16.0. The fourth-order valence-corrected chi connectivity index (χ4v) is 3.38. The van der Waals surface area contributed by atoms with E-state index in [1.54, 1.807) is 23.5 Å². The Balaban J connectivity index is 1.98. The summed E-state index contributed by atoms with van der Waals surface area (Å²) in [6.45, 7) is 2.74. The minimum atomic E-state index is -0.898. The SMILES string of the molecule is CCCc1nc(Cn2ccc3cccc(C(=O)O)c32)cs1. The summed E-state index contributed by atoms with van der Waals surface area (Å²) in [7, 11) is 0. The first-order valence-electron chi connectivity index (χ1n) is 6.93. The maximum absolute atomic E-state index is 11.4. The fraction of sp³-hybridized carbons (Fsp3) is 0.250. The molecule has 3 aromatic rings. The van der Waals surface area contributed by atoms with E-state index in [0.717, 1.165) is 34.4 Å². The summed E-state index contributed by atoms with van der Waals surface area (Å²) < 4.78 is 1.96. The van der Waals surface area contributed by atoms with Gasteiger partial charge in [-0.1, -0.05) is 19.1 Å². The second-order valence-corrected chi connectivity index (χ2v) is 5.92. The van der Waals surface area contributed by atoms with Gasteiger partial charge in [0.25, 0.3) is 0 Å². The smallest absolute Gasteiger partial charge is 0.337 e. The molecule has 0 saturated carbocycles. The minimum Gasteiger partial charge on any atom is -0.478 e. The van der Waals surface area contributed by atoms with Crippen LogP contribution in [0.5, 0.6) is 0 Å². The molecular weight excluding hydrogens is 284 g/mol. The van der Waals surface area contributed by atoms with Crippen LogP contribution in [0.2, 0.25) is 0 Å². The van der Waals surface area contributed by atoms with E-state index in [9.17, 15) is 9.90 Å². The number of carbonyl (C=O) groups is 1. The van der Waals surface area contributed by atoms with Gasteiger partial charge in [-0.2, -0.15) is 0 Å². The lowest BCUT2D eigenvalue weighted by atomic mass is 10.1. The number of para-hydroxylation sites is 1. The third-order valence-corrected chi connectivity index (χ3v) is 4.37. The Kier molecular flexibility index (Phi) is 3.75. The number of fused-ring (bicyclic) bond motifs is 1. The third-order valence-electron chi connectivity index (χ3n) is 3.41. The average Bonchev–Trinajstić information content (AvgIpc) is 3.07. The molecule has 0 saturated heterocycles. The van der Waals surface area contributed by atoms with Gasteiger partial charge in [0.15, 0.2) is 0 Å². The van der Waals surface area contributed by atoms with Gasteiger partial charge in [-0.25, -0.2) is 9.78 Å². The standard InChI is InChI=1S/C16H16N2O2S/c1-2-4-14-17-12(10-21-14)9-18-8-7-11-5-3-6-13(15(11)18)16(19)20/h3,5-8,10H,2,4,9H2,1H3,(H,19,20). The van der Waals surface area contributed by atoms with Gasteiger partial charge in [-0.15, -0.1) is 11.3 Å². The molecular formula is C16H16N2O2S. The molecule has 0 bridgehead atoms. The number of thiazole rings is 1. The van der Waals surface area contributed by atoms with Gasteiger partial charge in [-0.05, 0) is 25.0 Å². The first-order chi connectivity index (χ1) is 10.2. The van der Waals surface area contributed by atoms with Crippen LogP contribution in [0.25, 0.3) is 10.9 Å². The molecule has 0 radical (unpaired) electrons. The van der Waals surface area contributed by atoms with E-state index in [1.807, 2.05) is 22.9 Å². The van der Waals surface area contributed by atoms with E-state index in [0.29, 0.717) is 12.1 Å². The molecule has 0 amide bonds. The van der Waals surface area contributed by atoms with Crippen LogP contribution < -0.4 is 0 Å². The highest BCUT2D eigenvalue weighted by atomic mass is 32.1. The van der Waals surface area contributed by atoms with Crippen LogP contribution >= 0.6 is 11.3 Å².